The molecule has 0 radical (unpaired) electrons. The Balaban J connectivity index is 2.29. The molecule has 1 heterocycles. The lowest BCUT2D eigenvalue weighted by Gasteiger charge is -2.26. The topological polar surface area (TPSA) is 17.8 Å². The second kappa shape index (κ2) is 3.21. The molecule has 12 heavy (non-hydrogen) atoms. The highest BCUT2D eigenvalue weighted by Crippen LogP contribution is 2.37. The normalized spacial score (nSPS) is 17.8. The molecule has 0 aromatic carbocycles. The molecule has 66 valence electrons. The first-order valence-electron chi connectivity index (χ1n) is 4.54. The zero-order valence-corrected chi connectivity index (χ0v) is 8.84. The van der Waals surface area contributed by atoms with Crippen LogP contribution in [-0.4, -0.2) is 9.55 Å². The predicted molar refractivity (Wildman–Crippen MR) is 52.2 cm³/mol. The molecule has 0 spiro atoms. The van der Waals surface area contributed by atoms with Gasteiger partial charge in [0.2, 0.25) is 0 Å². The Kier molecular flexibility index (Phi) is 2.22. The first kappa shape index (κ1) is 8.30. The van der Waals surface area contributed by atoms with Crippen molar-refractivity contribution in [3.05, 3.63) is 16.6 Å². The van der Waals surface area contributed by atoms with Crippen LogP contribution in [0, 0.1) is 0 Å². The minimum atomic E-state index is 0.781. The van der Waals surface area contributed by atoms with E-state index in [9.17, 15) is 0 Å². The summed E-state index contributed by atoms with van der Waals surface area (Å²) in [6.45, 7) is 3.18. The van der Waals surface area contributed by atoms with Gasteiger partial charge in [-0.05, 0) is 35.7 Å². The van der Waals surface area contributed by atoms with Gasteiger partial charge >= 0.3 is 0 Å². The van der Waals surface area contributed by atoms with Crippen molar-refractivity contribution in [2.24, 2.45) is 0 Å². The fraction of sp³-hybridized carbons (Fsp3) is 0.667. The summed E-state index contributed by atoms with van der Waals surface area (Å²) < 4.78 is 3.23. The van der Waals surface area contributed by atoms with Crippen LogP contribution in [0.1, 0.15) is 37.8 Å². The van der Waals surface area contributed by atoms with Gasteiger partial charge in [-0.3, -0.25) is 0 Å². The van der Waals surface area contributed by atoms with Gasteiger partial charge in [-0.1, -0.05) is 6.42 Å². The van der Waals surface area contributed by atoms with Crippen molar-refractivity contribution in [2.45, 2.75) is 38.6 Å². The van der Waals surface area contributed by atoms with Gasteiger partial charge in [-0.25, -0.2) is 4.98 Å². The molecule has 0 bridgehead atoms. The molecular formula is C9H13BrN2. The third-order valence-corrected chi connectivity index (χ3v) is 3.31. The van der Waals surface area contributed by atoms with E-state index in [0.29, 0.717) is 0 Å². The van der Waals surface area contributed by atoms with Gasteiger partial charge in [0.1, 0.15) is 0 Å². The van der Waals surface area contributed by atoms with E-state index in [1.807, 2.05) is 6.20 Å². The van der Waals surface area contributed by atoms with Gasteiger partial charge in [0, 0.05) is 24.4 Å². The monoisotopic (exact) mass is 228 g/mol. The molecule has 1 aromatic rings. The molecule has 0 N–H and O–H groups in total. The zero-order chi connectivity index (χ0) is 8.55. The number of rotatable bonds is 2. The van der Waals surface area contributed by atoms with Crippen molar-refractivity contribution in [3.63, 3.8) is 0 Å². The van der Waals surface area contributed by atoms with E-state index in [1.165, 1.54) is 25.0 Å². The van der Waals surface area contributed by atoms with Crippen molar-refractivity contribution in [1.82, 2.24) is 9.55 Å². The Hall–Kier alpha value is -0.310. The van der Waals surface area contributed by atoms with Crippen LogP contribution >= 0.6 is 15.9 Å². The maximum Gasteiger partial charge on any atom is 0.177 e. The van der Waals surface area contributed by atoms with Crippen molar-refractivity contribution >= 4 is 15.9 Å². The molecule has 1 saturated carbocycles. The van der Waals surface area contributed by atoms with Crippen molar-refractivity contribution in [2.75, 3.05) is 0 Å². The van der Waals surface area contributed by atoms with Crippen LogP contribution in [0.2, 0.25) is 0 Å². The first-order chi connectivity index (χ1) is 5.83. The number of aromatic nitrogens is 2. The molecule has 1 fully saturated rings. The molecule has 1 aliphatic carbocycles. The van der Waals surface area contributed by atoms with Crippen molar-refractivity contribution in [1.29, 1.82) is 0 Å². The molecular weight excluding hydrogens is 216 g/mol. The summed E-state index contributed by atoms with van der Waals surface area (Å²) in [6, 6.07) is 0. The molecule has 2 nitrogen and oxygen atoms in total. The molecule has 0 saturated heterocycles. The molecule has 1 aromatic heterocycles. The number of imidazole rings is 1. The lowest BCUT2D eigenvalue weighted by atomic mass is 9.83. The predicted octanol–water partition coefficient (Wildman–Crippen LogP) is 2.93. The quantitative estimate of drug-likeness (QED) is 0.762. The largest absolute Gasteiger partial charge is 0.323 e. The molecule has 0 atom stereocenters. The Morgan fingerprint density at radius 1 is 1.67 bits per heavy atom. The highest BCUT2D eigenvalue weighted by molar-refractivity contribution is 9.10. The van der Waals surface area contributed by atoms with Crippen LogP contribution in [0.4, 0.5) is 0 Å². The van der Waals surface area contributed by atoms with Crippen LogP contribution in [0.15, 0.2) is 10.9 Å². The second-order valence-corrected chi connectivity index (χ2v) is 4.03. The lowest BCUT2D eigenvalue weighted by Crippen LogP contribution is -2.13. The van der Waals surface area contributed by atoms with Crippen LogP contribution in [-0.2, 0) is 6.54 Å². The van der Waals surface area contributed by atoms with Gasteiger partial charge in [-0.15, -0.1) is 0 Å². The molecule has 2 rings (SSSR count). The third-order valence-electron chi connectivity index (χ3n) is 2.68. The Bertz CT molecular complexity index is 276. The summed E-state index contributed by atoms with van der Waals surface area (Å²) in [5.74, 6) is 0.781. The Labute approximate surface area is 81.1 Å². The average molecular weight is 229 g/mol. The molecule has 1 aliphatic rings. The summed E-state index contributed by atoms with van der Waals surface area (Å²) >= 11 is 3.45. The first-order valence-corrected chi connectivity index (χ1v) is 5.33. The molecule has 0 unspecified atom stereocenters. The fourth-order valence-electron chi connectivity index (χ4n) is 1.71. The maximum absolute atomic E-state index is 4.27. The second-order valence-electron chi connectivity index (χ2n) is 3.32. The van der Waals surface area contributed by atoms with Gasteiger partial charge in [0.25, 0.3) is 0 Å². The van der Waals surface area contributed by atoms with Crippen LogP contribution in [0.5, 0.6) is 0 Å². The van der Waals surface area contributed by atoms with Crippen molar-refractivity contribution < 1.29 is 0 Å². The van der Waals surface area contributed by atoms with E-state index in [0.717, 1.165) is 17.2 Å². The number of hydrogen-bond donors (Lipinski definition) is 0. The molecule has 0 aliphatic heterocycles. The smallest absolute Gasteiger partial charge is 0.177 e. The maximum atomic E-state index is 4.27. The fourth-order valence-corrected chi connectivity index (χ4v) is 2.27. The van der Waals surface area contributed by atoms with E-state index in [2.05, 4.69) is 32.4 Å². The SMILES string of the molecule is CCn1c(C2CCC2)cnc1Br. The van der Waals surface area contributed by atoms with Crippen LogP contribution in [0.25, 0.3) is 0 Å². The summed E-state index contributed by atoms with van der Waals surface area (Å²) in [5.41, 5.74) is 1.41. The van der Waals surface area contributed by atoms with E-state index < -0.39 is 0 Å². The number of nitrogens with zero attached hydrogens (tertiary/aromatic N) is 2. The molecule has 3 heteroatoms. The minimum Gasteiger partial charge on any atom is -0.323 e. The Morgan fingerprint density at radius 3 is 2.92 bits per heavy atom. The standard InChI is InChI=1S/C9H13BrN2/c1-2-12-8(6-11-9(12)10)7-4-3-5-7/h6-7H,2-5H2,1H3. The summed E-state index contributed by atoms with van der Waals surface area (Å²) in [6.07, 6.45) is 6.09. The van der Waals surface area contributed by atoms with Gasteiger partial charge in [0.15, 0.2) is 4.73 Å². The summed E-state index contributed by atoms with van der Waals surface area (Å²) in [7, 11) is 0. The van der Waals surface area contributed by atoms with E-state index in [4.69, 9.17) is 0 Å². The van der Waals surface area contributed by atoms with E-state index >= 15 is 0 Å². The summed E-state index contributed by atoms with van der Waals surface area (Å²) in [5, 5.41) is 0. The van der Waals surface area contributed by atoms with Gasteiger partial charge < -0.3 is 4.57 Å². The number of hydrogen-bond acceptors (Lipinski definition) is 1. The zero-order valence-electron chi connectivity index (χ0n) is 7.26. The third kappa shape index (κ3) is 1.20. The Morgan fingerprint density at radius 2 is 2.42 bits per heavy atom. The molecule has 0 amide bonds. The highest BCUT2D eigenvalue weighted by atomic mass is 79.9. The van der Waals surface area contributed by atoms with E-state index in [1.54, 1.807) is 0 Å². The van der Waals surface area contributed by atoms with Crippen molar-refractivity contribution in [3.8, 4) is 0 Å². The van der Waals surface area contributed by atoms with E-state index in [-0.39, 0.29) is 0 Å². The van der Waals surface area contributed by atoms with Crippen LogP contribution in [0.3, 0.4) is 0 Å². The minimum absolute atomic E-state index is 0.781. The summed E-state index contributed by atoms with van der Waals surface area (Å²) in [4.78, 5) is 4.27. The number of halogens is 1. The van der Waals surface area contributed by atoms with Gasteiger partial charge in [-0.2, -0.15) is 0 Å². The van der Waals surface area contributed by atoms with Crippen LogP contribution < -0.4 is 0 Å². The van der Waals surface area contributed by atoms with Gasteiger partial charge in [0.05, 0.1) is 0 Å². The lowest BCUT2D eigenvalue weighted by molar-refractivity contribution is 0.397. The average Bonchev–Trinajstić information content (AvgIpc) is 2.29. The highest BCUT2D eigenvalue weighted by Gasteiger charge is 2.23.